The molecule has 1 aliphatic heterocycles. The molecule has 0 fully saturated rings. The molecule has 0 radical (unpaired) electrons. The number of nitrogens with zero attached hydrogens (tertiary/aromatic N) is 1. The number of hydrogen-bond donors (Lipinski definition) is 1. The Hall–Kier alpha value is -1.65. The van der Waals surface area contributed by atoms with Crippen molar-refractivity contribution in [3.63, 3.8) is 0 Å². The van der Waals surface area contributed by atoms with Crippen molar-refractivity contribution >= 4 is 22.9 Å². The predicted molar refractivity (Wildman–Crippen MR) is 97.1 cm³/mol. The fourth-order valence-corrected chi connectivity index (χ4v) is 3.79. The van der Waals surface area contributed by atoms with Crippen LogP contribution in [0, 0.1) is 0 Å². The van der Waals surface area contributed by atoms with Crippen molar-refractivity contribution in [2.75, 3.05) is 18.4 Å². The minimum Gasteiger partial charge on any atom is -0.325 e. The number of amides is 1. The lowest BCUT2D eigenvalue weighted by molar-refractivity contribution is -0.117. The highest BCUT2D eigenvalue weighted by atomic mass is 32.1. The molecule has 2 aromatic rings. The fraction of sp³-hybridized carbons (Fsp3) is 0.421. The minimum atomic E-state index is 0.0622. The van der Waals surface area contributed by atoms with Gasteiger partial charge < -0.3 is 5.32 Å². The van der Waals surface area contributed by atoms with Crippen LogP contribution >= 0.6 is 11.3 Å². The van der Waals surface area contributed by atoms with E-state index in [0.29, 0.717) is 6.54 Å². The third kappa shape index (κ3) is 4.01. The zero-order valence-electron chi connectivity index (χ0n) is 14.1. The minimum absolute atomic E-state index is 0.0622. The number of hydrogen-bond acceptors (Lipinski definition) is 3. The van der Waals surface area contributed by atoms with Crippen molar-refractivity contribution in [2.24, 2.45) is 0 Å². The van der Waals surface area contributed by atoms with Crippen LogP contribution in [0.2, 0.25) is 0 Å². The molecule has 23 heavy (non-hydrogen) atoms. The molecule has 1 aromatic heterocycles. The van der Waals surface area contributed by atoms with Crippen LogP contribution in [0.3, 0.4) is 0 Å². The third-order valence-electron chi connectivity index (χ3n) is 4.29. The molecule has 2 heterocycles. The number of rotatable bonds is 3. The molecule has 0 saturated carbocycles. The Morgan fingerprint density at radius 2 is 1.96 bits per heavy atom. The lowest BCUT2D eigenvalue weighted by Crippen LogP contribution is -2.36. The number of anilines is 1. The molecule has 0 unspecified atom stereocenters. The Bertz CT molecular complexity index is 682. The van der Waals surface area contributed by atoms with E-state index in [9.17, 15) is 4.79 Å². The van der Waals surface area contributed by atoms with Crippen molar-refractivity contribution < 1.29 is 4.79 Å². The summed E-state index contributed by atoms with van der Waals surface area (Å²) in [6.07, 6.45) is 1.06. The molecule has 3 nitrogen and oxygen atoms in total. The summed E-state index contributed by atoms with van der Waals surface area (Å²) in [6, 6.07) is 10.3. The van der Waals surface area contributed by atoms with Crippen LogP contribution in [-0.2, 0) is 23.2 Å². The first-order chi connectivity index (χ1) is 10.9. The van der Waals surface area contributed by atoms with Gasteiger partial charge in [-0.05, 0) is 46.5 Å². The van der Waals surface area contributed by atoms with E-state index in [1.807, 2.05) is 23.5 Å². The van der Waals surface area contributed by atoms with Crippen LogP contribution in [0.1, 0.15) is 36.8 Å². The SMILES string of the molecule is CC(C)(C)c1ccc(NC(=O)CN2CCc3sccc3C2)cc1. The highest BCUT2D eigenvalue weighted by Crippen LogP contribution is 2.25. The summed E-state index contributed by atoms with van der Waals surface area (Å²) >= 11 is 1.82. The number of carbonyl (C=O) groups excluding carboxylic acids is 1. The molecule has 0 atom stereocenters. The second-order valence-electron chi connectivity index (χ2n) is 7.21. The molecule has 3 rings (SSSR count). The molecule has 1 N–H and O–H groups in total. The van der Waals surface area contributed by atoms with Gasteiger partial charge in [0.25, 0.3) is 0 Å². The second-order valence-corrected chi connectivity index (χ2v) is 8.21. The summed E-state index contributed by atoms with van der Waals surface area (Å²) in [5.41, 5.74) is 3.66. The van der Waals surface area contributed by atoms with E-state index < -0.39 is 0 Å². The maximum Gasteiger partial charge on any atom is 0.238 e. The average molecular weight is 328 g/mol. The molecule has 1 amide bonds. The smallest absolute Gasteiger partial charge is 0.238 e. The van der Waals surface area contributed by atoms with Crippen molar-refractivity contribution in [3.05, 3.63) is 51.7 Å². The number of carbonyl (C=O) groups is 1. The van der Waals surface area contributed by atoms with Gasteiger partial charge in [0, 0.05) is 23.7 Å². The van der Waals surface area contributed by atoms with E-state index in [2.05, 4.69) is 54.6 Å². The Labute approximate surface area is 142 Å². The van der Waals surface area contributed by atoms with Gasteiger partial charge in [-0.25, -0.2) is 0 Å². The van der Waals surface area contributed by atoms with Crippen LogP contribution in [0.4, 0.5) is 5.69 Å². The summed E-state index contributed by atoms with van der Waals surface area (Å²) in [7, 11) is 0. The predicted octanol–water partition coefficient (Wildman–Crippen LogP) is 4.04. The summed E-state index contributed by atoms with van der Waals surface area (Å²) in [4.78, 5) is 16.0. The molecule has 4 heteroatoms. The first-order valence-corrected chi connectivity index (χ1v) is 8.98. The maximum atomic E-state index is 12.3. The van der Waals surface area contributed by atoms with Gasteiger partial charge in [0.1, 0.15) is 0 Å². The average Bonchev–Trinajstić information content (AvgIpc) is 2.94. The van der Waals surface area contributed by atoms with Gasteiger partial charge in [-0.1, -0.05) is 32.9 Å². The molecule has 0 spiro atoms. The molecular formula is C19H24N2OS. The van der Waals surface area contributed by atoms with Gasteiger partial charge in [-0.15, -0.1) is 11.3 Å². The summed E-state index contributed by atoms with van der Waals surface area (Å²) in [6.45, 7) is 8.87. The van der Waals surface area contributed by atoms with Crippen LogP contribution in [0.15, 0.2) is 35.7 Å². The van der Waals surface area contributed by atoms with E-state index >= 15 is 0 Å². The van der Waals surface area contributed by atoms with E-state index in [-0.39, 0.29) is 11.3 Å². The summed E-state index contributed by atoms with van der Waals surface area (Å²) < 4.78 is 0. The van der Waals surface area contributed by atoms with Crippen LogP contribution in [0.5, 0.6) is 0 Å². The van der Waals surface area contributed by atoms with Crippen LogP contribution in [0.25, 0.3) is 0 Å². The lowest BCUT2D eigenvalue weighted by Gasteiger charge is -2.26. The molecule has 0 saturated heterocycles. The normalized spacial score (nSPS) is 15.3. The van der Waals surface area contributed by atoms with Gasteiger partial charge in [0.05, 0.1) is 6.54 Å². The molecule has 1 aliphatic rings. The lowest BCUT2D eigenvalue weighted by atomic mass is 9.87. The Kier molecular flexibility index (Phi) is 4.55. The highest BCUT2D eigenvalue weighted by Gasteiger charge is 2.19. The van der Waals surface area contributed by atoms with Gasteiger partial charge in [-0.3, -0.25) is 9.69 Å². The number of thiophene rings is 1. The summed E-state index contributed by atoms with van der Waals surface area (Å²) in [5, 5.41) is 5.15. The van der Waals surface area contributed by atoms with Gasteiger partial charge in [-0.2, -0.15) is 0 Å². The first-order valence-electron chi connectivity index (χ1n) is 8.10. The number of fused-ring (bicyclic) bond motifs is 1. The largest absolute Gasteiger partial charge is 0.325 e. The van der Waals surface area contributed by atoms with Crippen molar-refractivity contribution in [2.45, 2.75) is 39.2 Å². The Morgan fingerprint density at radius 1 is 1.22 bits per heavy atom. The molecule has 0 bridgehead atoms. The Balaban J connectivity index is 1.56. The van der Waals surface area contributed by atoms with E-state index in [1.54, 1.807) is 0 Å². The van der Waals surface area contributed by atoms with E-state index in [0.717, 1.165) is 25.2 Å². The van der Waals surface area contributed by atoms with Crippen molar-refractivity contribution in [3.8, 4) is 0 Å². The quantitative estimate of drug-likeness (QED) is 0.922. The Morgan fingerprint density at radius 3 is 2.65 bits per heavy atom. The van der Waals surface area contributed by atoms with Crippen molar-refractivity contribution in [1.82, 2.24) is 4.90 Å². The second kappa shape index (κ2) is 6.46. The van der Waals surface area contributed by atoms with Gasteiger partial charge in [0.15, 0.2) is 0 Å². The van der Waals surface area contributed by atoms with Gasteiger partial charge >= 0.3 is 0 Å². The molecular weight excluding hydrogens is 304 g/mol. The van der Waals surface area contributed by atoms with E-state index in [1.165, 1.54) is 16.0 Å². The first kappa shape index (κ1) is 16.2. The fourth-order valence-electron chi connectivity index (χ4n) is 2.90. The zero-order chi connectivity index (χ0) is 16.4. The van der Waals surface area contributed by atoms with Crippen LogP contribution in [-0.4, -0.2) is 23.9 Å². The maximum absolute atomic E-state index is 12.3. The molecule has 1 aromatic carbocycles. The topological polar surface area (TPSA) is 32.3 Å². The molecule has 0 aliphatic carbocycles. The highest BCUT2D eigenvalue weighted by molar-refractivity contribution is 7.10. The third-order valence-corrected chi connectivity index (χ3v) is 5.31. The van der Waals surface area contributed by atoms with Crippen LogP contribution < -0.4 is 5.32 Å². The van der Waals surface area contributed by atoms with Crippen molar-refractivity contribution in [1.29, 1.82) is 0 Å². The number of nitrogens with one attached hydrogen (secondary N) is 1. The summed E-state index contributed by atoms with van der Waals surface area (Å²) in [5.74, 6) is 0.0622. The molecule has 122 valence electrons. The van der Waals surface area contributed by atoms with E-state index in [4.69, 9.17) is 0 Å². The van der Waals surface area contributed by atoms with Gasteiger partial charge in [0.2, 0.25) is 5.91 Å². The zero-order valence-corrected chi connectivity index (χ0v) is 14.9. The number of benzene rings is 1. The standard InChI is InChI=1S/C19H24N2OS/c1-19(2,3)15-4-6-16(7-5-15)20-18(22)13-21-10-8-17-14(12-21)9-11-23-17/h4-7,9,11H,8,10,12-13H2,1-3H3,(H,20,22). The monoisotopic (exact) mass is 328 g/mol.